The van der Waals surface area contributed by atoms with Gasteiger partial charge in [-0.05, 0) is 44.1 Å². The largest absolute Gasteiger partial charge is 0.316 e. The zero-order valence-electron chi connectivity index (χ0n) is 13.4. The zero-order valence-corrected chi connectivity index (χ0v) is 13.4. The van der Waals surface area contributed by atoms with Crippen LogP contribution in [-0.4, -0.2) is 36.6 Å². The van der Waals surface area contributed by atoms with Gasteiger partial charge in [0.05, 0.1) is 0 Å². The second-order valence-corrected chi connectivity index (χ2v) is 7.35. The molecule has 2 unspecified atom stereocenters. The van der Waals surface area contributed by atoms with E-state index >= 15 is 0 Å². The quantitative estimate of drug-likeness (QED) is 0.748. The van der Waals surface area contributed by atoms with Crippen molar-refractivity contribution in [3.05, 3.63) is 0 Å². The van der Waals surface area contributed by atoms with Gasteiger partial charge in [0.1, 0.15) is 0 Å². The third-order valence-corrected chi connectivity index (χ3v) is 4.19. The van der Waals surface area contributed by atoms with Crippen LogP contribution < -0.4 is 5.32 Å². The van der Waals surface area contributed by atoms with Gasteiger partial charge in [0.25, 0.3) is 0 Å². The van der Waals surface area contributed by atoms with Crippen molar-refractivity contribution in [2.45, 2.75) is 72.9 Å². The van der Waals surface area contributed by atoms with Crippen LogP contribution in [-0.2, 0) is 0 Å². The fourth-order valence-electron chi connectivity index (χ4n) is 3.10. The lowest BCUT2D eigenvalue weighted by Gasteiger charge is -2.36. The maximum Gasteiger partial charge on any atom is 0.00962 e. The third-order valence-electron chi connectivity index (χ3n) is 4.19. The highest BCUT2D eigenvalue weighted by Crippen LogP contribution is 2.29. The standard InChI is InChI=1S/C16H34N2/c1-7-15-9-8-14(4)18(15)12-16(5,6)11-17-10-13(2)3/h13-15,17H,7-12H2,1-6H3. The molecule has 2 heteroatoms. The van der Waals surface area contributed by atoms with E-state index in [0.29, 0.717) is 5.41 Å². The van der Waals surface area contributed by atoms with Gasteiger partial charge in [-0.2, -0.15) is 0 Å². The Hall–Kier alpha value is -0.0800. The average molecular weight is 254 g/mol. The monoisotopic (exact) mass is 254 g/mol. The van der Waals surface area contributed by atoms with E-state index in [1.807, 2.05) is 0 Å². The Morgan fingerprint density at radius 2 is 1.94 bits per heavy atom. The van der Waals surface area contributed by atoms with Crippen molar-refractivity contribution in [2.75, 3.05) is 19.6 Å². The van der Waals surface area contributed by atoms with E-state index in [1.165, 1.54) is 25.8 Å². The first-order chi connectivity index (χ1) is 8.35. The van der Waals surface area contributed by atoms with Crippen LogP contribution in [0.15, 0.2) is 0 Å². The molecular formula is C16H34N2. The molecule has 0 bridgehead atoms. The molecule has 2 nitrogen and oxygen atoms in total. The normalized spacial score (nSPS) is 26.2. The SMILES string of the molecule is CCC1CCC(C)N1CC(C)(C)CNCC(C)C. The molecule has 1 aliphatic heterocycles. The predicted octanol–water partition coefficient (Wildman–Crippen LogP) is 3.52. The molecule has 1 rings (SSSR count). The van der Waals surface area contributed by atoms with Crippen LogP contribution in [0.2, 0.25) is 0 Å². The van der Waals surface area contributed by atoms with Gasteiger partial charge in [0.15, 0.2) is 0 Å². The molecular weight excluding hydrogens is 220 g/mol. The lowest BCUT2D eigenvalue weighted by molar-refractivity contribution is 0.126. The van der Waals surface area contributed by atoms with Crippen molar-refractivity contribution < 1.29 is 0 Å². The molecule has 0 radical (unpaired) electrons. The molecule has 1 heterocycles. The van der Waals surface area contributed by atoms with E-state index in [9.17, 15) is 0 Å². The van der Waals surface area contributed by atoms with Gasteiger partial charge >= 0.3 is 0 Å². The summed E-state index contributed by atoms with van der Waals surface area (Å²) in [5.41, 5.74) is 0.376. The van der Waals surface area contributed by atoms with E-state index in [-0.39, 0.29) is 0 Å². The second-order valence-electron chi connectivity index (χ2n) is 7.35. The van der Waals surface area contributed by atoms with Gasteiger partial charge in [-0.3, -0.25) is 4.90 Å². The zero-order chi connectivity index (χ0) is 13.8. The molecule has 0 aromatic rings. The van der Waals surface area contributed by atoms with Gasteiger partial charge in [-0.1, -0.05) is 34.6 Å². The minimum absolute atomic E-state index is 0.376. The molecule has 2 atom stereocenters. The summed E-state index contributed by atoms with van der Waals surface area (Å²) < 4.78 is 0. The molecule has 1 fully saturated rings. The minimum Gasteiger partial charge on any atom is -0.316 e. The van der Waals surface area contributed by atoms with Crippen molar-refractivity contribution in [1.82, 2.24) is 10.2 Å². The maximum absolute atomic E-state index is 3.62. The number of rotatable bonds is 7. The van der Waals surface area contributed by atoms with Gasteiger partial charge in [-0.25, -0.2) is 0 Å². The fraction of sp³-hybridized carbons (Fsp3) is 1.00. The lowest BCUT2D eigenvalue weighted by atomic mass is 9.91. The Morgan fingerprint density at radius 1 is 1.28 bits per heavy atom. The smallest absolute Gasteiger partial charge is 0.00962 e. The topological polar surface area (TPSA) is 15.3 Å². The van der Waals surface area contributed by atoms with Crippen LogP contribution in [0.4, 0.5) is 0 Å². The Labute approximate surface area is 115 Å². The van der Waals surface area contributed by atoms with E-state index in [4.69, 9.17) is 0 Å². The van der Waals surface area contributed by atoms with Gasteiger partial charge in [0, 0.05) is 25.2 Å². The number of nitrogens with zero attached hydrogens (tertiary/aromatic N) is 1. The highest BCUT2D eigenvalue weighted by atomic mass is 15.2. The first kappa shape index (κ1) is 16.0. The van der Waals surface area contributed by atoms with Gasteiger partial charge < -0.3 is 5.32 Å². The van der Waals surface area contributed by atoms with Crippen molar-refractivity contribution in [3.63, 3.8) is 0 Å². The third kappa shape index (κ3) is 4.89. The first-order valence-electron chi connectivity index (χ1n) is 7.82. The Balaban J connectivity index is 2.42. The van der Waals surface area contributed by atoms with Crippen LogP contribution in [0.1, 0.15) is 60.8 Å². The molecule has 0 aromatic heterocycles. The summed E-state index contributed by atoms with van der Waals surface area (Å²) in [5.74, 6) is 0.745. The maximum atomic E-state index is 3.62. The highest BCUT2D eigenvalue weighted by molar-refractivity contribution is 4.88. The summed E-state index contributed by atoms with van der Waals surface area (Å²) in [6, 6.07) is 1.60. The molecule has 0 aromatic carbocycles. The molecule has 1 N–H and O–H groups in total. The summed E-state index contributed by atoms with van der Waals surface area (Å²) in [5, 5.41) is 3.62. The Bertz CT molecular complexity index is 235. The van der Waals surface area contributed by atoms with E-state index in [0.717, 1.165) is 31.1 Å². The van der Waals surface area contributed by atoms with Crippen molar-refractivity contribution >= 4 is 0 Å². The Morgan fingerprint density at radius 3 is 2.50 bits per heavy atom. The summed E-state index contributed by atoms with van der Waals surface area (Å²) in [4.78, 5) is 2.75. The van der Waals surface area contributed by atoms with Crippen LogP contribution in [0.25, 0.3) is 0 Å². The molecule has 1 saturated heterocycles. The van der Waals surface area contributed by atoms with Gasteiger partial charge in [0.2, 0.25) is 0 Å². The summed E-state index contributed by atoms with van der Waals surface area (Å²) in [6.07, 6.45) is 4.08. The predicted molar refractivity (Wildman–Crippen MR) is 81.0 cm³/mol. The number of hydrogen-bond donors (Lipinski definition) is 1. The molecule has 0 saturated carbocycles. The van der Waals surface area contributed by atoms with Crippen LogP contribution in [0.5, 0.6) is 0 Å². The lowest BCUT2D eigenvalue weighted by Crippen LogP contribution is -2.45. The summed E-state index contributed by atoms with van der Waals surface area (Å²) >= 11 is 0. The summed E-state index contributed by atoms with van der Waals surface area (Å²) in [6.45, 7) is 17.6. The van der Waals surface area contributed by atoms with Crippen LogP contribution in [0, 0.1) is 11.3 Å². The van der Waals surface area contributed by atoms with E-state index < -0.39 is 0 Å². The number of likely N-dealkylation sites (tertiary alicyclic amines) is 1. The van der Waals surface area contributed by atoms with Crippen molar-refractivity contribution in [2.24, 2.45) is 11.3 Å². The van der Waals surface area contributed by atoms with Crippen molar-refractivity contribution in [1.29, 1.82) is 0 Å². The first-order valence-corrected chi connectivity index (χ1v) is 7.82. The van der Waals surface area contributed by atoms with Crippen molar-refractivity contribution in [3.8, 4) is 0 Å². The minimum atomic E-state index is 0.376. The molecule has 1 aliphatic rings. The van der Waals surface area contributed by atoms with Gasteiger partial charge in [-0.15, -0.1) is 0 Å². The fourth-order valence-corrected chi connectivity index (χ4v) is 3.10. The highest BCUT2D eigenvalue weighted by Gasteiger charge is 2.33. The molecule has 0 amide bonds. The van der Waals surface area contributed by atoms with Crippen LogP contribution >= 0.6 is 0 Å². The van der Waals surface area contributed by atoms with E-state index in [1.54, 1.807) is 0 Å². The average Bonchev–Trinajstić information content (AvgIpc) is 2.58. The molecule has 108 valence electrons. The Kier molecular flexibility index (Phi) is 6.13. The molecule has 18 heavy (non-hydrogen) atoms. The van der Waals surface area contributed by atoms with Crippen LogP contribution in [0.3, 0.4) is 0 Å². The summed E-state index contributed by atoms with van der Waals surface area (Å²) in [7, 11) is 0. The number of nitrogens with one attached hydrogen (secondary N) is 1. The second kappa shape index (κ2) is 6.91. The number of hydrogen-bond acceptors (Lipinski definition) is 2. The van der Waals surface area contributed by atoms with E-state index in [2.05, 4.69) is 51.8 Å². The molecule has 0 spiro atoms. The molecule has 0 aliphatic carbocycles.